The monoisotopic (exact) mass is 506 g/mol. The van der Waals surface area contributed by atoms with Crippen molar-refractivity contribution in [3.8, 4) is 0 Å². The molecule has 0 saturated carbocycles. The molecular weight excluding hydrogens is 468 g/mol. The van der Waals surface area contributed by atoms with E-state index < -0.39 is 23.4 Å². The van der Waals surface area contributed by atoms with Gasteiger partial charge in [0.25, 0.3) is 5.91 Å². The topological polar surface area (TPSA) is 105 Å². The maximum Gasteiger partial charge on any atom is 0.290 e. The molecule has 2 heterocycles. The van der Waals surface area contributed by atoms with Crippen LogP contribution in [0.3, 0.4) is 0 Å². The van der Waals surface area contributed by atoms with Gasteiger partial charge in [-0.05, 0) is 35.3 Å². The molecule has 3 atom stereocenters. The van der Waals surface area contributed by atoms with Crippen molar-refractivity contribution in [3.05, 3.63) is 59.5 Å². The van der Waals surface area contributed by atoms with E-state index in [2.05, 4.69) is 52.2 Å². The number of carbonyl (C=O) groups excluding carboxylic acids is 3. The molecule has 0 radical (unpaired) electrons. The largest absolute Gasteiger partial charge is 0.351 e. The molecule has 1 spiro atoms. The normalized spacial score (nSPS) is 18.7. The predicted octanol–water partition coefficient (Wildman–Crippen LogP) is 3.94. The summed E-state index contributed by atoms with van der Waals surface area (Å²) in [6.45, 7) is 10.9. The van der Waals surface area contributed by atoms with Crippen LogP contribution < -0.4 is 10.6 Å². The molecular formula is C29H38N4O4. The molecule has 2 aliphatic rings. The Hall–Kier alpha value is -3.42. The van der Waals surface area contributed by atoms with Crippen molar-refractivity contribution in [1.82, 2.24) is 20.7 Å². The van der Waals surface area contributed by atoms with Gasteiger partial charge in [0, 0.05) is 24.6 Å². The van der Waals surface area contributed by atoms with Gasteiger partial charge >= 0.3 is 0 Å². The molecule has 1 aliphatic heterocycles. The first-order valence-corrected chi connectivity index (χ1v) is 13.1. The van der Waals surface area contributed by atoms with Crippen molar-refractivity contribution < 1.29 is 18.9 Å². The van der Waals surface area contributed by atoms with Crippen LogP contribution in [0.15, 0.2) is 47.1 Å². The van der Waals surface area contributed by atoms with Crippen LogP contribution >= 0.6 is 0 Å². The summed E-state index contributed by atoms with van der Waals surface area (Å²) in [4.78, 5) is 41.8. The van der Waals surface area contributed by atoms with Gasteiger partial charge in [0.2, 0.25) is 17.6 Å². The van der Waals surface area contributed by atoms with Crippen molar-refractivity contribution in [1.29, 1.82) is 0 Å². The summed E-state index contributed by atoms with van der Waals surface area (Å²) in [5, 5.41) is 9.32. The van der Waals surface area contributed by atoms with E-state index in [1.165, 1.54) is 23.4 Å². The van der Waals surface area contributed by atoms with Gasteiger partial charge in [0.05, 0.1) is 6.20 Å². The quantitative estimate of drug-likeness (QED) is 0.592. The number of likely N-dealkylation sites (tertiary alicyclic amines) is 1. The van der Waals surface area contributed by atoms with E-state index in [0.29, 0.717) is 13.1 Å². The van der Waals surface area contributed by atoms with Crippen molar-refractivity contribution in [3.63, 3.8) is 0 Å². The molecule has 37 heavy (non-hydrogen) atoms. The van der Waals surface area contributed by atoms with E-state index in [1.807, 2.05) is 39.5 Å². The number of hydrogen-bond donors (Lipinski definition) is 2. The third-order valence-corrected chi connectivity index (χ3v) is 7.89. The first-order valence-electron chi connectivity index (χ1n) is 13.1. The summed E-state index contributed by atoms with van der Waals surface area (Å²) in [5.41, 5.74) is 1.98. The second-order valence-corrected chi connectivity index (χ2v) is 11.4. The Morgan fingerprint density at radius 1 is 1.11 bits per heavy atom. The first kappa shape index (κ1) is 26.6. The average Bonchev–Trinajstić information content (AvgIpc) is 3.54. The Balaban J connectivity index is 1.46. The number of aromatic nitrogens is 1. The van der Waals surface area contributed by atoms with Gasteiger partial charge in [-0.3, -0.25) is 14.4 Å². The van der Waals surface area contributed by atoms with Crippen LogP contribution in [0.4, 0.5) is 0 Å². The number of rotatable bonds is 7. The number of amides is 3. The zero-order chi connectivity index (χ0) is 26.8. The van der Waals surface area contributed by atoms with Gasteiger partial charge in [0.1, 0.15) is 12.1 Å². The molecule has 4 rings (SSSR count). The molecule has 8 heteroatoms. The van der Waals surface area contributed by atoms with Crippen LogP contribution in [0.2, 0.25) is 0 Å². The van der Waals surface area contributed by atoms with Gasteiger partial charge in [-0.2, -0.15) is 0 Å². The minimum absolute atomic E-state index is 0.0230. The van der Waals surface area contributed by atoms with Crippen LogP contribution in [-0.2, 0) is 15.0 Å². The summed E-state index contributed by atoms with van der Waals surface area (Å²) < 4.78 is 4.95. The Kier molecular flexibility index (Phi) is 7.57. The highest BCUT2D eigenvalue weighted by molar-refractivity contribution is 5.97. The zero-order valence-electron chi connectivity index (χ0n) is 22.4. The van der Waals surface area contributed by atoms with Gasteiger partial charge < -0.3 is 20.1 Å². The SMILES string of the molecule is CC[C@H](C)[C@H](NC(=O)[C@@H](NC(=O)c1ccno1)C(C)(C)C)C(=O)N1CCC2(C=Cc3ccccc32)CC1. The highest BCUT2D eigenvalue weighted by atomic mass is 16.5. The van der Waals surface area contributed by atoms with Crippen LogP contribution in [-0.4, -0.2) is 53.0 Å². The Bertz CT molecular complexity index is 1160. The molecule has 1 aromatic heterocycles. The second kappa shape index (κ2) is 10.5. The van der Waals surface area contributed by atoms with Gasteiger partial charge in [0.15, 0.2) is 0 Å². The lowest BCUT2D eigenvalue weighted by atomic mass is 9.74. The van der Waals surface area contributed by atoms with Crippen LogP contribution in [0.5, 0.6) is 0 Å². The van der Waals surface area contributed by atoms with E-state index >= 15 is 0 Å². The number of allylic oxidation sites excluding steroid dienone is 1. The molecule has 1 aliphatic carbocycles. The van der Waals surface area contributed by atoms with E-state index in [1.54, 1.807) is 0 Å². The van der Waals surface area contributed by atoms with Crippen molar-refractivity contribution in [2.45, 2.75) is 71.4 Å². The number of nitrogens with one attached hydrogen (secondary N) is 2. The molecule has 1 saturated heterocycles. The third-order valence-electron chi connectivity index (χ3n) is 7.89. The molecule has 8 nitrogen and oxygen atoms in total. The van der Waals surface area contributed by atoms with Crippen molar-refractivity contribution >= 4 is 23.8 Å². The van der Waals surface area contributed by atoms with Gasteiger partial charge in [-0.1, -0.05) is 82.6 Å². The molecule has 198 valence electrons. The predicted molar refractivity (Wildman–Crippen MR) is 142 cm³/mol. The van der Waals surface area contributed by atoms with Crippen LogP contribution in [0, 0.1) is 11.3 Å². The molecule has 2 N–H and O–H groups in total. The fraction of sp³-hybridized carbons (Fsp3) is 0.517. The Labute approximate surface area is 218 Å². The molecule has 0 bridgehead atoms. The van der Waals surface area contributed by atoms with E-state index in [0.717, 1.165) is 19.3 Å². The number of carbonyl (C=O) groups is 3. The maximum absolute atomic E-state index is 13.7. The number of benzene rings is 1. The number of nitrogens with zero attached hydrogens (tertiary/aromatic N) is 2. The highest BCUT2D eigenvalue weighted by Crippen LogP contribution is 2.43. The summed E-state index contributed by atoms with van der Waals surface area (Å²) in [5.74, 6) is -1.01. The summed E-state index contributed by atoms with van der Waals surface area (Å²) >= 11 is 0. The molecule has 0 unspecified atom stereocenters. The summed E-state index contributed by atoms with van der Waals surface area (Å²) in [7, 11) is 0. The number of hydrogen-bond acceptors (Lipinski definition) is 5. The maximum atomic E-state index is 13.7. The number of piperidine rings is 1. The molecule has 1 fully saturated rings. The molecule has 3 amide bonds. The fourth-order valence-corrected chi connectivity index (χ4v) is 5.32. The van der Waals surface area contributed by atoms with Crippen molar-refractivity contribution in [2.75, 3.05) is 13.1 Å². The highest BCUT2D eigenvalue weighted by Gasteiger charge is 2.42. The third kappa shape index (κ3) is 5.48. The standard InChI is InChI=1S/C29H38N4O4/c1-6-19(2)23(31-26(35)24(28(3,4)5)32-25(34)22-12-16-30-37-22)27(36)33-17-14-29(15-18-33)13-11-20-9-7-8-10-21(20)29/h7-13,16,19,23-24H,6,14-15,17-18H2,1-5H3,(H,31,35)(H,32,34)/t19-,23-,24+/m0/s1. The van der Waals surface area contributed by atoms with Crippen molar-refractivity contribution in [2.24, 2.45) is 11.3 Å². The van der Waals surface area contributed by atoms with E-state index in [9.17, 15) is 14.4 Å². The first-order chi connectivity index (χ1) is 17.6. The summed E-state index contributed by atoms with van der Waals surface area (Å²) in [6.07, 6.45) is 8.29. The second-order valence-electron chi connectivity index (χ2n) is 11.4. The fourth-order valence-electron chi connectivity index (χ4n) is 5.32. The Morgan fingerprint density at radius 2 is 1.81 bits per heavy atom. The van der Waals surface area contributed by atoms with Crippen LogP contribution in [0.25, 0.3) is 6.08 Å². The molecule has 2 aromatic rings. The zero-order valence-corrected chi connectivity index (χ0v) is 22.4. The van der Waals surface area contributed by atoms with E-state index in [4.69, 9.17) is 4.52 Å². The van der Waals surface area contributed by atoms with E-state index in [-0.39, 0.29) is 28.9 Å². The molecule has 1 aromatic carbocycles. The Morgan fingerprint density at radius 3 is 2.43 bits per heavy atom. The minimum Gasteiger partial charge on any atom is -0.351 e. The summed E-state index contributed by atoms with van der Waals surface area (Å²) in [6, 6.07) is 8.36. The van der Waals surface area contributed by atoms with Crippen LogP contribution in [0.1, 0.15) is 75.6 Å². The lowest BCUT2D eigenvalue weighted by molar-refractivity contribution is -0.140. The minimum atomic E-state index is -0.866. The lowest BCUT2D eigenvalue weighted by Crippen LogP contribution is -2.60. The van der Waals surface area contributed by atoms with Gasteiger partial charge in [-0.25, -0.2) is 0 Å². The smallest absolute Gasteiger partial charge is 0.290 e. The lowest BCUT2D eigenvalue weighted by Gasteiger charge is -2.41. The van der Waals surface area contributed by atoms with Gasteiger partial charge in [-0.15, -0.1) is 0 Å². The number of fused-ring (bicyclic) bond motifs is 2. The average molecular weight is 507 g/mol.